The molecule has 0 N–H and O–H groups in total. The monoisotopic (exact) mass is 379 g/mol. The van der Waals surface area contributed by atoms with E-state index in [0.29, 0.717) is 36.2 Å². The summed E-state index contributed by atoms with van der Waals surface area (Å²) in [6, 6.07) is 7.33. The number of aryl methyl sites for hydroxylation is 2. The zero-order valence-corrected chi connectivity index (χ0v) is 16.1. The number of likely N-dealkylation sites (tertiary alicyclic amines) is 1. The van der Waals surface area contributed by atoms with Crippen LogP contribution in [0.15, 0.2) is 47.8 Å². The van der Waals surface area contributed by atoms with Crippen molar-refractivity contribution in [3.63, 3.8) is 0 Å². The first-order valence-corrected chi connectivity index (χ1v) is 9.82. The lowest BCUT2D eigenvalue weighted by atomic mass is 9.95. The van der Waals surface area contributed by atoms with Gasteiger partial charge in [-0.05, 0) is 31.4 Å². The van der Waals surface area contributed by atoms with Gasteiger partial charge in [-0.25, -0.2) is 9.97 Å². The third kappa shape index (κ3) is 3.69. The summed E-state index contributed by atoms with van der Waals surface area (Å²) >= 11 is 0. The summed E-state index contributed by atoms with van der Waals surface area (Å²) in [5, 5.41) is 0.618. The molecule has 0 bridgehead atoms. The fourth-order valence-corrected chi connectivity index (χ4v) is 3.98. The van der Waals surface area contributed by atoms with Gasteiger partial charge in [-0.1, -0.05) is 12.1 Å². The SMILES string of the molecule is Cn1ccnc1C1CCN(C(=O)CCCn2cnc3ccccc3c2=O)CC1. The maximum atomic E-state index is 12.5. The molecule has 146 valence electrons. The van der Waals surface area contributed by atoms with E-state index in [1.54, 1.807) is 17.0 Å². The molecule has 0 unspecified atom stereocenters. The van der Waals surface area contributed by atoms with Gasteiger partial charge in [0.25, 0.3) is 5.56 Å². The number of para-hydroxylation sites is 1. The number of carbonyl (C=O) groups is 1. The van der Waals surface area contributed by atoms with Gasteiger partial charge in [0, 0.05) is 51.4 Å². The van der Waals surface area contributed by atoms with E-state index in [1.165, 1.54) is 0 Å². The molecule has 3 aromatic rings. The van der Waals surface area contributed by atoms with Crippen LogP contribution in [-0.4, -0.2) is 43.0 Å². The maximum absolute atomic E-state index is 12.5. The topological polar surface area (TPSA) is 73.0 Å². The van der Waals surface area contributed by atoms with Gasteiger partial charge in [-0.3, -0.25) is 14.2 Å². The second kappa shape index (κ2) is 7.96. The van der Waals surface area contributed by atoms with E-state index in [0.717, 1.165) is 31.8 Å². The number of hydrogen-bond acceptors (Lipinski definition) is 4. The minimum absolute atomic E-state index is 0.0473. The zero-order valence-electron chi connectivity index (χ0n) is 16.1. The van der Waals surface area contributed by atoms with Gasteiger partial charge < -0.3 is 9.47 Å². The van der Waals surface area contributed by atoms with Crippen molar-refractivity contribution in [3.8, 4) is 0 Å². The van der Waals surface area contributed by atoms with Gasteiger partial charge >= 0.3 is 0 Å². The number of imidazole rings is 1. The molecule has 0 spiro atoms. The fraction of sp³-hybridized carbons (Fsp3) is 0.429. The Balaban J connectivity index is 1.29. The molecule has 0 radical (unpaired) electrons. The van der Waals surface area contributed by atoms with E-state index < -0.39 is 0 Å². The van der Waals surface area contributed by atoms with E-state index in [-0.39, 0.29) is 11.5 Å². The van der Waals surface area contributed by atoms with Crippen LogP contribution in [0.5, 0.6) is 0 Å². The van der Waals surface area contributed by atoms with Gasteiger partial charge in [0.2, 0.25) is 5.91 Å². The van der Waals surface area contributed by atoms with Crippen molar-refractivity contribution >= 4 is 16.8 Å². The van der Waals surface area contributed by atoms with Crippen molar-refractivity contribution in [3.05, 3.63) is 59.2 Å². The highest BCUT2D eigenvalue weighted by Crippen LogP contribution is 2.26. The highest BCUT2D eigenvalue weighted by atomic mass is 16.2. The molecule has 0 aliphatic carbocycles. The zero-order chi connectivity index (χ0) is 19.5. The third-order valence-corrected chi connectivity index (χ3v) is 5.59. The second-order valence-corrected chi connectivity index (χ2v) is 7.42. The summed E-state index contributed by atoms with van der Waals surface area (Å²) in [4.78, 5) is 35.8. The molecular formula is C21H25N5O2. The Kier molecular flexibility index (Phi) is 5.23. The summed E-state index contributed by atoms with van der Waals surface area (Å²) in [5.41, 5.74) is 0.657. The Bertz CT molecular complexity index is 1030. The number of aromatic nitrogens is 4. The van der Waals surface area contributed by atoms with E-state index in [9.17, 15) is 9.59 Å². The predicted molar refractivity (Wildman–Crippen MR) is 107 cm³/mol. The molecule has 1 saturated heterocycles. The largest absolute Gasteiger partial charge is 0.343 e. The van der Waals surface area contributed by atoms with Crippen LogP contribution in [0.2, 0.25) is 0 Å². The number of amides is 1. The van der Waals surface area contributed by atoms with E-state index in [2.05, 4.69) is 14.5 Å². The van der Waals surface area contributed by atoms with Crippen molar-refractivity contribution in [2.24, 2.45) is 7.05 Å². The Morgan fingerprint density at radius 3 is 2.71 bits per heavy atom. The second-order valence-electron chi connectivity index (χ2n) is 7.42. The number of carbonyl (C=O) groups excluding carboxylic acids is 1. The first kappa shape index (κ1) is 18.4. The minimum Gasteiger partial charge on any atom is -0.343 e. The normalized spacial score (nSPS) is 15.2. The van der Waals surface area contributed by atoms with Crippen LogP contribution < -0.4 is 5.56 Å². The lowest BCUT2D eigenvalue weighted by molar-refractivity contribution is -0.132. The fourth-order valence-electron chi connectivity index (χ4n) is 3.98. The molecule has 2 aromatic heterocycles. The van der Waals surface area contributed by atoms with Crippen LogP contribution in [-0.2, 0) is 18.4 Å². The smallest absolute Gasteiger partial charge is 0.261 e. The molecule has 1 aliphatic rings. The molecule has 4 rings (SSSR count). The highest BCUT2D eigenvalue weighted by Gasteiger charge is 2.25. The molecular weight excluding hydrogens is 354 g/mol. The maximum Gasteiger partial charge on any atom is 0.261 e. The predicted octanol–water partition coefficient (Wildman–Crippen LogP) is 2.32. The minimum atomic E-state index is -0.0473. The van der Waals surface area contributed by atoms with Gasteiger partial charge in [0.05, 0.1) is 17.2 Å². The van der Waals surface area contributed by atoms with Gasteiger partial charge in [0.1, 0.15) is 5.82 Å². The van der Waals surface area contributed by atoms with Gasteiger partial charge in [-0.15, -0.1) is 0 Å². The van der Waals surface area contributed by atoms with Crippen molar-refractivity contribution in [1.82, 2.24) is 24.0 Å². The summed E-state index contributed by atoms with van der Waals surface area (Å²) in [6.45, 7) is 2.05. The summed E-state index contributed by atoms with van der Waals surface area (Å²) in [7, 11) is 2.02. The Labute approximate surface area is 163 Å². The number of piperidine rings is 1. The first-order valence-electron chi connectivity index (χ1n) is 9.82. The standard InChI is InChI=1S/C21H25N5O2/c1-24-14-10-22-20(24)16-8-12-25(13-9-16)19(27)7-4-11-26-15-23-18-6-3-2-5-17(18)21(26)28/h2-3,5-6,10,14-16H,4,7-9,11-13H2,1H3. The molecule has 7 heteroatoms. The summed E-state index contributed by atoms with van der Waals surface area (Å²) in [6.07, 6.45) is 8.36. The van der Waals surface area contributed by atoms with E-state index in [1.807, 2.05) is 42.5 Å². The van der Waals surface area contributed by atoms with Crippen molar-refractivity contribution in [1.29, 1.82) is 0 Å². The molecule has 1 aromatic carbocycles. The summed E-state index contributed by atoms with van der Waals surface area (Å²) < 4.78 is 3.67. The van der Waals surface area contributed by atoms with E-state index in [4.69, 9.17) is 0 Å². The molecule has 1 aliphatic heterocycles. The van der Waals surface area contributed by atoms with Crippen LogP contribution in [0, 0.1) is 0 Å². The van der Waals surface area contributed by atoms with Crippen molar-refractivity contribution < 1.29 is 4.79 Å². The van der Waals surface area contributed by atoms with Gasteiger partial charge in [-0.2, -0.15) is 0 Å². The number of fused-ring (bicyclic) bond motifs is 1. The number of benzene rings is 1. The molecule has 0 saturated carbocycles. The average Bonchev–Trinajstić information content (AvgIpc) is 3.16. The quantitative estimate of drug-likeness (QED) is 0.682. The number of hydrogen-bond donors (Lipinski definition) is 0. The summed E-state index contributed by atoms with van der Waals surface area (Å²) in [5.74, 6) is 1.70. The first-order chi connectivity index (χ1) is 13.6. The Hall–Kier alpha value is -2.96. The number of nitrogens with zero attached hydrogens (tertiary/aromatic N) is 5. The lowest BCUT2D eigenvalue weighted by Gasteiger charge is -2.31. The van der Waals surface area contributed by atoms with Crippen molar-refractivity contribution in [2.45, 2.75) is 38.1 Å². The lowest BCUT2D eigenvalue weighted by Crippen LogP contribution is -2.38. The molecule has 1 fully saturated rings. The number of rotatable bonds is 5. The van der Waals surface area contributed by atoms with Crippen LogP contribution >= 0.6 is 0 Å². The molecule has 28 heavy (non-hydrogen) atoms. The van der Waals surface area contributed by atoms with Gasteiger partial charge in [0.15, 0.2) is 0 Å². The molecule has 7 nitrogen and oxygen atoms in total. The van der Waals surface area contributed by atoms with Crippen LogP contribution in [0.1, 0.15) is 37.4 Å². The highest BCUT2D eigenvalue weighted by molar-refractivity contribution is 5.77. The van der Waals surface area contributed by atoms with E-state index >= 15 is 0 Å². The average molecular weight is 379 g/mol. The van der Waals surface area contributed by atoms with Crippen LogP contribution in [0.4, 0.5) is 0 Å². The third-order valence-electron chi connectivity index (χ3n) is 5.59. The van der Waals surface area contributed by atoms with Crippen LogP contribution in [0.3, 0.4) is 0 Å². The Morgan fingerprint density at radius 1 is 1.18 bits per heavy atom. The van der Waals surface area contributed by atoms with Crippen molar-refractivity contribution in [2.75, 3.05) is 13.1 Å². The molecule has 3 heterocycles. The molecule has 1 amide bonds. The molecule has 0 atom stereocenters. The Morgan fingerprint density at radius 2 is 1.96 bits per heavy atom. The van der Waals surface area contributed by atoms with Crippen LogP contribution in [0.25, 0.3) is 10.9 Å².